The van der Waals surface area contributed by atoms with Gasteiger partial charge in [-0.15, -0.1) is 0 Å². The molecule has 1 rings (SSSR count). The Morgan fingerprint density at radius 1 is 1.52 bits per heavy atom. The third-order valence-corrected chi connectivity index (χ3v) is 2.66. The number of rotatable bonds is 7. The van der Waals surface area contributed by atoms with Crippen LogP contribution in [0.2, 0.25) is 0 Å². The van der Waals surface area contributed by atoms with Crippen LogP contribution in [0, 0.1) is 11.3 Å². The Bertz CT molecular complexity index is 515. The number of carboxylic acid groups (broad SMARTS) is 1. The van der Waals surface area contributed by atoms with E-state index in [1.807, 2.05) is 6.07 Å². The molecule has 0 saturated carbocycles. The maximum absolute atomic E-state index is 12.0. The molecule has 0 aliphatic carbocycles. The predicted molar refractivity (Wildman–Crippen MR) is 71.9 cm³/mol. The highest BCUT2D eigenvalue weighted by Gasteiger charge is 2.22. The van der Waals surface area contributed by atoms with Crippen molar-refractivity contribution in [1.29, 1.82) is 5.26 Å². The van der Waals surface area contributed by atoms with Crippen LogP contribution in [-0.2, 0) is 11.3 Å². The van der Waals surface area contributed by atoms with Crippen molar-refractivity contribution in [3.63, 3.8) is 0 Å². The number of aliphatic hydroxyl groups excluding tert-OH is 1. The van der Waals surface area contributed by atoms with Gasteiger partial charge in [0, 0.05) is 25.5 Å². The smallest absolute Gasteiger partial charge is 0.328 e. The third-order valence-electron chi connectivity index (χ3n) is 2.66. The number of amides is 2. The van der Waals surface area contributed by atoms with Gasteiger partial charge in [-0.25, -0.2) is 9.59 Å². The Morgan fingerprint density at radius 2 is 2.29 bits per heavy atom. The third kappa shape index (κ3) is 5.46. The molecule has 21 heavy (non-hydrogen) atoms. The molecule has 0 spiro atoms. The Labute approximate surface area is 121 Å². The van der Waals surface area contributed by atoms with Crippen LogP contribution in [0.3, 0.4) is 0 Å². The Morgan fingerprint density at radius 3 is 2.81 bits per heavy atom. The molecule has 0 radical (unpaired) electrons. The first-order chi connectivity index (χ1) is 10.1. The first-order valence-electron chi connectivity index (χ1n) is 6.23. The van der Waals surface area contributed by atoms with Crippen molar-refractivity contribution >= 4 is 12.0 Å². The van der Waals surface area contributed by atoms with Gasteiger partial charge in [0.15, 0.2) is 6.04 Å². The maximum Gasteiger partial charge on any atom is 0.328 e. The molecule has 1 unspecified atom stereocenters. The van der Waals surface area contributed by atoms with Gasteiger partial charge >= 0.3 is 12.0 Å². The fourth-order valence-corrected chi connectivity index (χ4v) is 1.58. The van der Waals surface area contributed by atoms with Gasteiger partial charge < -0.3 is 20.4 Å². The second-order valence-corrected chi connectivity index (χ2v) is 4.21. The summed E-state index contributed by atoms with van der Waals surface area (Å²) >= 11 is 0. The van der Waals surface area contributed by atoms with E-state index in [-0.39, 0.29) is 19.5 Å². The second kappa shape index (κ2) is 8.50. The Balaban J connectivity index is 2.74. The van der Waals surface area contributed by atoms with E-state index in [0.717, 1.165) is 5.56 Å². The van der Waals surface area contributed by atoms with Crippen molar-refractivity contribution in [2.24, 2.45) is 0 Å². The number of aliphatic carboxylic acids is 1. The van der Waals surface area contributed by atoms with Crippen LogP contribution in [0.4, 0.5) is 4.79 Å². The van der Waals surface area contributed by atoms with Gasteiger partial charge in [-0.1, -0.05) is 6.07 Å². The van der Waals surface area contributed by atoms with Crippen LogP contribution in [0.5, 0.6) is 0 Å². The maximum atomic E-state index is 12.0. The minimum atomic E-state index is -1.38. The molecule has 2 amide bonds. The van der Waals surface area contributed by atoms with Crippen molar-refractivity contribution in [3.05, 3.63) is 30.1 Å². The number of hydrogen-bond acceptors (Lipinski definition) is 5. The molecular weight excluding hydrogens is 276 g/mol. The monoisotopic (exact) mass is 292 g/mol. The molecule has 0 aromatic carbocycles. The van der Waals surface area contributed by atoms with Gasteiger partial charge in [-0.2, -0.15) is 5.26 Å². The summed E-state index contributed by atoms with van der Waals surface area (Å²) in [6, 6.07) is 3.37. The lowest BCUT2D eigenvalue weighted by Gasteiger charge is -2.23. The van der Waals surface area contributed by atoms with Gasteiger partial charge in [0.05, 0.1) is 19.1 Å². The first kappa shape index (κ1) is 16.4. The number of hydrogen-bond donors (Lipinski definition) is 3. The largest absolute Gasteiger partial charge is 0.480 e. The van der Waals surface area contributed by atoms with Crippen LogP contribution < -0.4 is 5.32 Å². The average Bonchev–Trinajstić information content (AvgIpc) is 2.49. The van der Waals surface area contributed by atoms with E-state index in [1.54, 1.807) is 24.5 Å². The highest BCUT2D eigenvalue weighted by atomic mass is 16.4. The average molecular weight is 292 g/mol. The molecule has 8 heteroatoms. The van der Waals surface area contributed by atoms with Gasteiger partial charge in [0.1, 0.15) is 0 Å². The summed E-state index contributed by atoms with van der Waals surface area (Å²) in [5.41, 5.74) is 0.751. The molecule has 1 atom stereocenters. The van der Waals surface area contributed by atoms with Crippen molar-refractivity contribution < 1.29 is 19.8 Å². The summed E-state index contributed by atoms with van der Waals surface area (Å²) in [5, 5.41) is 28.6. The standard InChI is InChI=1S/C13H16N4O4/c14-4-2-6-17(8-10-3-1-5-15-7-10)13(21)16-11(9-18)12(19)20/h1,3,5,7,11,18H,2,6,8-9H2,(H,16,21)(H,19,20). The van der Waals surface area contributed by atoms with E-state index in [2.05, 4.69) is 10.3 Å². The molecule has 0 fully saturated rings. The van der Waals surface area contributed by atoms with E-state index in [4.69, 9.17) is 15.5 Å². The number of pyridine rings is 1. The van der Waals surface area contributed by atoms with Crippen molar-refractivity contribution in [3.8, 4) is 6.07 Å². The molecule has 0 aliphatic rings. The minimum absolute atomic E-state index is 0.116. The Hall–Kier alpha value is -2.66. The number of urea groups is 1. The van der Waals surface area contributed by atoms with Crippen molar-refractivity contribution in [2.45, 2.75) is 19.0 Å². The van der Waals surface area contributed by atoms with Gasteiger partial charge in [-0.3, -0.25) is 4.98 Å². The summed E-state index contributed by atoms with van der Waals surface area (Å²) in [6.07, 6.45) is 3.29. The molecule has 1 aromatic rings. The van der Waals surface area contributed by atoms with Crippen molar-refractivity contribution in [1.82, 2.24) is 15.2 Å². The molecule has 3 N–H and O–H groups in total. The zero-order valence-corrected chi connectivity index (χ0v) is 11.3. The van der Waals surface area contributed by atoms with E-state index < -0.39 is 24.6 Å². The first-order valence-corrected chi connectivity index (χ1v) is 6.23. The molecule has 1 aromatic heterocycles. The van der Waals surface area contributed by atoms with Crippen LogP contribution >= 0.6 is 0 Å². The van der Waals surface area contributed by atoms with Crippen LogP contribution in [0.15, 0.2) is 24.5 Å². The summed E-state index contributed by atoms with van der Waals surface area (Å²) in [6.45, 7) is -0.367. The van der Waals surface area contributed by atoms with E-state index in [0.29, 0.717) is 0 Å². The molecule has 1 heterocycles. The number of nitriles is 1. The Kier molecular flexibility index (Phi) is 6.63. The lowest BCUT2D eigenvalue weighted by atomic mass is 10.2. The number of carbonyl (C=O) groups excluding carboxylic acids is 1. The van der Waals surface area contributed by atoms with Gasteiger partial charge in [0.25, 0.3) is 0 Å². The molecule has 0 bridgehead atoms. The fourth-order valence-electron chi connectivity index (χ4n) is 1.58. The predicted octanol–water partition coefficient (Wildman–Crippen LogP) is -0.0476. The quantitative estimate of drug-likeness (QED) is 0.647. The zero-order chi connectivity index (χ0) is 15.7. The normalized spacial score (nSPS) is 11.2. The van der Waals surface area contributed by atoms with E-state index in [9.17, 15) is 9.59 Å². The van der Waals surface area contributed by atoms with Crippen LogP contribution in [-0.4, -0.2) is 51.3 Å². The van der Waals surface area contributed by atoms with E-state index in [1.165, 1.54) is 4.90 Å². The highest BCUT2D eigenvalue weighted by Crippen LogP contribution is 2.04. The van der Waals surface area contributed by atoms with Gasteiger partial charge in [-0.05, 0) is 11.6 Å². The topological polar surface area (TPSA) is 127 Å². The second-order valence-electron chi connectivity index (χ2n) is 4.21. The number of carbonyl (C=O) groups is 2. The summed E-state index contributed by atoms with van der Waals surface area (Å²) in [7, 11) is 0. The lowest BCUT2D eigenvalue weighted by molar-refractivity contribution is -0.140. The van der Waals surface area contributed by atoms with Crippen LogP contribution in [0.25, 0.3) is 0 Å². The fraction of sp³-hybridized carbons (Fsp3) is 0.385. The zero-order valence-electron chi connectivity index (χ0n) is 11.3. The minimum Gasteiger partial charge on any atom is -0.480 e. The number of aromatic nitrogens is 1. The SMILES string of the molecule is N#CCCN(Cc1cccnc1)C(=O)NC(CO)C(=O)O. The molecule has 0 saturated heterocycles. The molecule has 112 valence electrons. The summed E-state index contributed by atoms with van der Waals surface area (Å²) in [4.78, 5) is 28.1. The lowest BCUT2D eigenvalue weighted by Crippen LogP contribution is -2.49. The van der Waals surface area contributed by atoms with Gasteiger partial charge in [0.2, 0.25) is 0 Å². The number of aliphatic hydroxyl groups is 1. The number of nitrogens with one attached hydrogen (secondary N) is 1. The van der Waals surface area contributed by atoms with E-state index >= 15 is 0 Å². The molecule has 8 nitrogen and oxygen atoms in total. The van der Waals surface area contributed by atoms with Crippen molar-refractivity contribution in [2.75, 3.05) is 13.2 Å². The number of nitrogens with zero attached hydrogens (tertiary/aromatic N) is 3. The number of carboxylic acids is 1. The van der Waals surface area contributed by atoms with Crippen LogP contribution in [0.1, 0.15) is 12.0 Å². The highest BCUT2D eigenvalue weighted by molar-refractivity contribution is 5.82. The molecular formula is C13H16N4O4. The summed E-state index contributed by atoms with van der Waals surface area (Å²) in [5.74, 6) is -1.33. The molecule has 0 aliphatic heterocycles. The summed E-state index contributed by atoms with van der Waals surface area (Å²) < 4.78 is 0.